The third-order valence-electron chi connectivity index (χ3n) is 3.76. The van der Waals surface area contributed by atoms with Crippen LogP contribution in [-0.4, -0.2) is 31.9 Å². The maximum Gasteiger partial charge on any atom is 0.240 e. The van der Waals surface area contributed by atoms with Crippen molar-refractivity contribution in [2.24, 2.45) is 7.05 Å². The number of hydrogen-bond acceptors (Lipinski definition) is 4. The molecule has 1 heterocycles. The van der Waals surface area contributed by atoms with Gasteiger partial charge in [-0.2, -0.15) is 5.10 Å². The van der Waals surface area contributed by atoms with Crippen molar-refractivity contribution in [3.8, 4) is 5.75 Å². The zero-order valence-electron chi connectivity index (χ0n) is 13.6. The van der Waals surface area contributed by atoms with Crippen LogP contribution in [-0.2, 0) is 23.5 Å². The highest BCUT2D eigenvalue weighted by Crippen LogP contribution is 2.21. The molecule has 0 amide bonds. The van der Waals surface area contributed by atoms with Crippen molar-refractivity contribution in [3.63, 3.8) is 0 Å². The van der Waals surface area contributed by atoms with Crippen molar-refractivity contribution < 1.29 is 17.5 Å². The topological polar surface area (TPSA) is 73.2 Å². The van der Waals surface area contributed by atoms with Gasteiger partial charge in [0.25, 0.3) is 0 Å². The number of rotatable bonds is 6. The highest BCUT2D eigenvalue weighted by atomic mass is 32.2. The minimum Gasteiger partial charge on any atom is -0.494 e. The summed E-state index contributed by atoms with van der Waals surface area (Å²) >= 11 is 0. The molecule has 1 aromatic heterocycles. The van der Waals surface area contributed by atoms with Gasteiger partial charge >= 0.3 is 0 Å². The molecule has 0 saturated heterocycles. The van der Waals surface area contributed by atoms with Crippen LogP contribution < -0.4 is 9.46 Å². The Morgan fingerprint density at radius 2 is 2.04 bits per heavy atom. The molecule has 23 heavy (non-hydrogen) atoms. The van der Waals surface area contributed by atoms with Crippen molar-refractivity contribution in [1.82, 2.24) is 14.5 Å². The van der Waals surface area contributed by atoms with E-state index in [4.69, 9.17) is 4.74 Å². The van der Waals surface area contributed by atoms with E-state index in [0.717, 1.165) is 29.1 Å². The fourth-order valence-corrected chi connectivity index (χ4v) is 3.43. The maximum atomic E-state index is 13.4. The Kier molecular flexibility index (Phi) is 5.06. The average Bonchev–Trinajstić information content (AvgIpc) is 2.73. The second-order valence-electron chi connectivity index (χ2n) is 5.22. The molecule has 0 radical (unpaired) electrons. The van der Waals surface area contributed by atoms with Gasteiger partial charge in [-0.3, -0.25) is 4.68 Å². The lowest BCUT2D eigenvalue weighted by atomic mass is 10.1. The number of sulfonamides is 1. The first-order valence-corrected chi connectivity index (χ1v) is 8.57. The second kappa shape index (κ2) is 6.67. The molecule has 8 heteroatoms. The van der Waals surface area contributed by atoms with Gasteiger partial charge in [0.15, 0.2) is 11.6 Å². The fraction of sp³-hybridized carbons (Fsp3) is 0.400. The van der Waals surface area contributed by atoms with E-state index in [1.165, 1.54) is 13.2 Å². The number of nitrogens with one attached hydrogen (secondary N) is 1. The van der Waals surface area contributed by atoms with Crippen LogP contribution in [0.2, 0.25) is 0 Å². The molecule has 0 fully saturated rings. The zero-order valence-corrected chi connectivity index (χ0v) is 14.4. The van der Waals surface area contributed by atoms with Crippen LogP contribution in [0, 0.1) is 19.7 Å². The normalized spacial score (nSPS) is 11.7. The molecule has 0 unspecified atom stereocenters. The minimum absolute atomic E-state index is 0.0321. The Labute approximate surface area is 135 Å². The number of nitrogens with zero attached hydrogens (tertiary/aromatic N) is 2. The monoisotopic (exact) mass is 341 g/mol. The average molecular weight is 341 g/mol. The van der Waals surface area contributed by atoms with Gasteiger partial charge in [-0.1, -0.05) is 0 Å². The molecule has 126 valence electrons. The number of aryl methyl sites for hydroxylation is 2. The molecule has 0 saturated carbocycles. The second-order valence-corrected chi connectivity index (χ2v) is 6.98. The van der Waals surface area contributed by atoms with Gasteiger partial charge in [-0.15, -0.1) is 0 Å². The van der Waals surface area contributed by atoms with Crippen LogP contribution in [0.15, 0.2) is 23.1 Å². The van der Waals surface area contributed by atoms with Crippen LogP contribution in [0.5, 0.6) is 5.75 Å². The summed E-state index contributed by atoms with van der Waals surface area (Å²) in [5, 5.41) is 4.30. The molecule has 0 atom stereocenters. The summed E-state index contributed by atoms with van der Waals surface area (Å²) in [5.41, 5.74) is 2.91. The molecule has 1 aromatic carbocycles. The van der Waals surface area contributed by atoms with Gasteiger partial charge < -0.3 is 4.74 Å². The molecule has 0 aliphatic rings. The van der Waals surface area contributed by atoms with Gasteiger partial charge in [0, 0.05) is 25.4 Å². The van der Waals surface area contributed by atoms with Crippen LogP contribution >= 0.6 is 0 Å². The first-order chi connectivity index (χ1) is 10.8. The number of halogens is 1. The SMILES string of the molecule is COc1cc(S(=O)(=O)NCCc2c(C)nn(C)c2C)ccc1F. The molecular weight excluding hydrogens is 321 g/mol. The molecule has 6 nitrogen and oxygen atoms in total. The number of ether oxygens (including phenoxy) is 1. The number of benzene rings is 1. The highest BCUT2D eigenvalue weighted by Gasteiger charge is 2.17. The minimum atomic E-state index is -3.72. The Bertz CT molecular complexity index is 816. The summed E-state index contributed by atoms with van der Waals surface area (Å²) in [7, 11) is -0.587. The van der Waals surface area contributed by atoms with E-state index in [1.54, 1.807) is 4.68 Å². The van der Waals surface area contributed by atoms with Crippen LogP contribution in [0.4, 0.5) is 4.39 Å². The highest BCUT2D eigenvalue weighted by molar-refractivity contribution is 7.89. The van der Waals surface area contributed by atoms with Crippen molar-refractivity contribution in [2.75, 3.05) is 13.7 Å². The molecule has 0 aliphatic heterocycles. The Balaban J connectivity index is 2.10. The van der Waals surface area contributed by atoms with E-state index in [-0.39, 0.29) is 17.2 Å². The van der Waals surface area contributed by atoms with Gasteiger partial charge in [0.2, 0.25) is 10.0 Å². The van der Waals surface area contributed by atoms with Crippen molar-refractivity contribution in [1.29, 1.82) is 0 Å². The lowest BCUT2D eigenvalue weighted by Gasteiger charge is -2.09. The lowest BCUT2D eigenvalue weighted by molar-refractivity contribution is 0.385. The van der Waals surface area contributed by atoms with Crippen molar-refractivity contribution in [2.45, 2.75) is 25.2 Å². The molecule has 1 N–H and O–H groups in total. The summed E-state index contributed by atoms with van der Waals surface area (Å²) in [6.45, 7) is 4.06. The number of hydrogen-bond donors (Lipinski definition) is 1. The summed E-state index contributed by atoms with van der Waals surface area (Å²) in [6.07, 6.45) is 0.531. The summed E-state index contributed by atoms with van der Waals surface area (Å²) < 4.78 is 47.0. The third-order valence-corrected chi connectivity index (χ3v) is 5.22. The molecule has 2 rings (SSSR count). The summed E-state index contributed by atoms with van der Waals surface area (Å²) in [4.78, 5) is -0.0321. The standard InChI is InChI=1S/C15H20FN3O3S/c1-10-13(11(2)19(3)18-10)7-8-17-23(20,21)12-5-6-14(16)15(9-12)22-4/h5-6,9,17H,7-8H2,1-4H3. The van der Waals surface area contributed by atoms with E-state index in [2.05, 4.69) is 9.82 Å². The fourth-order valence-electron chi connectivity index (χ4n) is 2.38. The van der Waals surface area contributed by atoms with Crippen LogP contribution in [0.1, 0.15) is 17.0 Å². The lowest BCUT2D eigenvalue weighted by Crippen LogP contribution is -2.26. The summed E-state index contributed by atoms with van der Waals surface area (Å²) in [5.74, 6) is -0.708. The maximum absolute atomic E-state index is 13.4. The Morgan fingerprint density at radius 3 is 2.61 bits per heavy atom. The van der Waals surface area contributed by atoms with E-state index in [9.17, 15) is 12.8 Å². The molecule has 0 spiro atoms. The van der Waals surface area contributed by atoms with E-state index < -0.39 is 15.8 Å². The van der Waals surface area contributed by atoms with Crippen molar-refractivity contribution >= 4 is 10.0 Å². The largest absolute Gasteiger partial charge is 0.494 e. The number of aromatic nitrogens is 2. The smallest absolute Gasteiger partial charge is 0.240 e. The predicted octanol–water partition coefficient (Wildman–Crippen LogP) is 1.71. The Morgan fingerprint density at radius 1 is 1.35 bits per heavy atom. The predicted molar refractivity (Wildman–Crippen MR) is 84.5 cm³/mol. The van der Waals surface area contributed by atoms with E-state index in [1.807, 2.05) is 20.9 Å². The van der Waals surface area contributed by atoms with Crippen LogP contribution in [0.3, 0.4) is 0 Å². The first kappa shape index (κ1) is 17.4. The third kappa shape index (κ3) is 3.70. The van der Waals surface area contributed by atoms with E-state index >= 15 is 0 Å². The molecule has 0 bridgehead atoms. The van der Waals surface area contributed by atoms with Gasteiger partial charge in [-0.05, 0) is 38.0 Å². The van der Waals surface area contributed by atoms with Gasteiger partial charge in [0.1, 0.15) is 0 Å². The zero-order chi connectivity index (χ0) is 17.2. The molecule has 0 aliphatic carbocycles. The Hall–Kier alpha value is -1.93. The van der Waals surface area contributed by atoms with Gasteiger partial charge in [-0.25, -0.2) is 17.5 Å². The summed E-state index contributed by atoms with van der Waals surface area (Å²) in [6, 6.07) is 3.45. The van der Waals surface area contributed by atoms with Gasteiger partial charge in [0.05, 0.1) is 17.7 Å². The quantitative estimate of drug-likeness (QED) is 0.868. The van der Waals surface area contributed by atoms with Crippen molar-refractivity contribution in [3.05, 3.63) is 41.0 Å². The van der Waals surface area contributed by atoms with Crippen LogP contribution in [0.25, 0.3) is 0 Å². The molecular formula is C15H20FN3O3S. The van der Waals surface area contributed by atoms with E-state index in [0.29, 0.717) is 6.42 Å². The molecule has 2 aromatic rings. The first-order valence-electron chi connectivity index (χ1n) is 7.08. The number of methoxy groups -OCH3 is 1.